The monoisotopic (exact) mass is 516 g/mol. The molecule has 0 unspecified atom stereocenters. The Bertz CT molecular complexity index is 1530. The molecule has 1 saturated carbocycles. The van der Waals surface area contributed by atoms with Crippen molar-refractivity contribution < 1.29 is 13.9 Å². The molecule has 3 aromatic heterocycles. The van der Waals surface area contributed by atoms with Crippen LogP contribution in [0.2, 0.25) is 0 Å². The van der Waals surface area contributed by atoms with Crippen LogP contribution in [0.3, 0.4) is 0 Å². The number of benzene rings is 1. The van der Waals surface area contributed by atoms with Crippen molar-refractivity contribution in [3.8, 4) is 5.75 Å². The number of allylic oxidation sites excluding steroid dienone is 1. The van der Waals surface area contributed by atoms with Gasteiger partial charge in [-0.3, -0.25) is 4.79 Å². The van der Waals surface area contributed by atoms with Gasteiger partial charge in [0.05, 0.1) is 11.8 Å². The van der Waals surface area contributed by atoms with Gasteiger partial charge in [-0.2, -0.15) is 5.10 Å². The highest BCUT2D eigenvalue weighted by molar-refractivity contribution is 7.11. The second-order valence-corrected chi connectivity index (χ2v) is 11.0. The molecule has 36 heavy (non-hydrogen) atoms. The molecule has 0 bridgehead atoms. The normalized spacial score (nSPS) is 20.5. The zero-order chi connectivity index (χ0) is 24.6. The van der Waals surface area contributed by atoms with Crippen molar-refractivity contribution >= 4 is 51.3 Å². The molecule has 0 N–H and O–H groups in total. The van der Waals surface area contributed by atoms with Crippen LogP contribution in [0, 0.1) is 12.8 Å². The Kier molecular flexibility index (Phi) is 6.07. The molecular formula is C28H24N2O4S2. The predicted octanol–water partition coefficient (Wildman–Crippen LogP) is 6.43. The molecule has 1 aliphatic heterocycles. The zero-order valence-corrected chi connectivity index (χ0v) is 21.3. The molecule has 8 heteroatoms. The second kappa shape index (κ2) is 9.52. The number of fused-ring (bicyclic) bond motifs is 2. The van der Waals surface area contributed by atoms with Crippen LogP contribution in [-0.2, 0) is 4.79 Å². The van der Waals surface area contributed by atoms with Gasteiger partial charge in [-0.05, 0) is 78.4 Å². The lowest BCUT2D eigenvalue weighted by atomic mass is 9.79. The summed E-state index contributed by atoms with van der Waals surface area (Å²) < 4.78 is 11.2. The quantitative estimate of drug-likeness (QED) is 0.287. The summed E-state index contributed by atoms with van der Waals surface area (Å²) in [7, 11) is 0. The van der Waals surface area contributed by atoms with Crippen LogP contribution < -0.4 is 10.4 Å². The average molecular weight is 517 g/mol. The Morgan fingerprint density at radius 1 is 1.19 bits per heavy atom. The highest BCUT2D eigenvalue weighted by Gasteiger charge is 2.44. The first-order valence-electron chi connectivity index (χ1n) is 11.9. The molecule has 4 heterocycles. The van der Waals surface area contributed by atoms with Crippen LogP contribution in [-0.4, -0.2) is 23.2 Å². The van der Waals surface area contributed by atoms with Gasteiger partial charge in [0.15, 0.2) is 6.61 Å². The molecule has 0 radical (unpaired) electrons. The minimum Gasteiger partial charge on any atom is -0.484 e. The van der Waals surface area contributed by atoms with Crippen molar-refractivity contribution in [2.24, 2.45) is 11.0 Å². The smallest absolute Gasteiger partial charge is 0.336 e. The number of hydrazone groups is 1. The third-order valence-corrected chi connectivity index (χ3v) is 8.50. The molecular weight excluding hydrogens is 492 g/mol. The van der Waals surface area contributed by atoms with Crippen LogP contribution in [0.15, 0.2) is 79.2 Å². The fraction of sp³-hybridized carbons (Fsp3) is 0.250. The Labute approximate surface area is 216 Å². The lowest BCUT2D eigenvalue weighted by molar-refractivity contribution is -0.135. The Balaban J connectivity index is 1.28. The molecule has 4 aromatic rings. The van der Waals surface area contributed by atoms with E-state index in [-0.39, 0.29) is 24.5 Å². The number of carbonyl (C=O) groups is 1. The van der Waals surface area contributed by atoms with Gasteiger partial charge in [0.1, 0.15) is 11.3 Å². The molecule has 6 rings (SSSR count). The first-order chi connectivity index (χ1) is 17.6. The zero-order valence-electron chi connectivity index (χ0n) is 19.7. The summed E-state index contributed by atoms with van der Waals surface area (Å²) in [5.74, 6) is 0.446. The van der Waals surface area contributed by atoms with Gasteiger partial charge in [0.2, 0.25) is 0 Å². The first-order valence-corrected chi connectivity index (χ1v) is 13.7. The van der Waals surface area contributed by atoms with E-state index in [9.17, 15) is 9.59 Å². The summed E-state index contributed by atoms with van der Waals surface area (Å²) in [6.07, 6.45) is 5.25. The Hall–Kier alpha value is -3.49. The third kappa shape index (κ3) is 4.31. The first kappa shape index (κ1) is 22.9. The van der Waals surface area contributed by atoms with Gasteiger partial charge in [-0.1, -0.05) is 12.1 Å². The summed E-state index contributed by atoms with van der Waals surface area (Å²) >= 11 is 3.36. The Morgan fingerprint density at radius 2 is 2.06 bits per heavy atom. The number of amides is 1. The van der Waals surface area contributed by atoms with E-state index in [2.05, 4.69) is 29.7 Å². The maximum absolute atomic E-state index is 13.5. The number of aryl methyl sites for hydroxylation is 1. The molecule has 1 aromatic carbocycles. The molecule has 2 atom stereocenters. The number of carbonyl (C=O) groups excluding carboxylic acids is 1. The van der Waals surface area contributed by atoms with Gasteiger partial charge in [-0.25, -0.2) is 9.80 Å². The molecule has 1 fully saturated rings. The molecule has 0 spiro atoms. The average Bonchev–Trinajstić information content (AvgIpc) is 3.63. The minimum absolute atomic E-state index is 0.125. The van der Waals surface area contributed by atoms with E-state index in [0.717, 1.165) is 40.8 Å². The van der Waals surface area contributed by atoms with Crippen molar-refractivity contribution in [1.82, 2.24) is 5.01 Å². The van der Waals surface area contributed by atoms with Crippen molar-refractivity contribution in [1.29, 1.82) is 0 Å². The maximum atomic E-state index is 13.5. The fourth-order valence-corrected chi connectivity index (χ4v) is 6.65. The lowest BCUT2D eigenvalue weighted by Gasteiger charge is -2.28. The number of thiophene rings is 2. The highest BCUT2D eigenvalue weighted by Crippen LogP contribution is 2.45. The van der Waals surface area contributed by atoms with Crippen LogP contribution in [0.5, 0.6) is 5.75 Å². The summed E-state index contributed by atoms with van der Waals surface area (Å²) in [4.78, 5) is 27.6. The number of nitrogens with zero attached hydrogens (tertiary/aromatic N) is 2. The van der Waals surface area contributed by atoms with Crippen molar-refractivity contribution in [2.45, 2.75) is 32.2 Å². The van der Waals surface area contributed by atoms with Crippen LogP contribution in [0.1, 0.15) is 40.6 Å². The van der Waals surface area contributed by atoms with E-state index in [1.54, 1.807) is 39.8 Å². The van der Waals surface area contributed by atoms with E-state index < -0.39 is 5.63 Å². The minimum atomic E-state index is -0.408. The molecule has 6 nitrogen and oxygen atoms in total. The van der Waals surface area contributed by atoms with E-state index >= 15 is 0 Å². The molecule has 1 aliphatic carbocycles. The summed E-state index contributed by atoms with van der Waals surface area (Å²) in [6, 6.07) is 14.9. The van der Waals surface area contributed by atoms with E-state index in [1.165, 1.54) is 16.5 Å². The van der Waals surface area contributed by atoms with Crippen LogP contribution in [0.4, 0.5) is 0 Å². The maximum Gasteiger partial charge on any atom is 0.336 e. The highest BCUT2D eigenvalue weighted by atomic mass is 32.1. The second-order valence-electron chi connectivity index (χ2n) is 9.06. The van der Waals surface area contributed by atoms with Gasteiger partial charge < -0.3 is 9.15 Å². The van der Waals surface area contributed by atoms with E-state index in [4.69, 9.17) is 14.3 Å². The van der Waals surface area contributed by atoms with Crippen molar-refractivity contribution in [2.75, 3.05) is 6.61 Å². The molecule has 182 valence electrons. The van der Waals surface area contributed by atoms with Crippen molar-refractivity contribution in [3.63, 3.8) is 0 Å². The third-order valence-electron chi connectivity index (χ3n) is 6.74. The molecule has 1 amide bonds. The largest absolute Gasteiger partial charge is 0.484 e. The van der Waals surface area contributed by atoms with Gasteiger partial charge in [0.25, 0.3) is 5.91 Å². The van der Waals surface area contributed by atoms with Gasteiger partial charge in [-0.15, -0.1) is 22.7 Å². The molecule has 2 aliphatic rings. The predicted molar refractivity (Wildman–Crippen MR) is 144 cm³/mol. The van der Waals surface area contributed by atoms with Gasteiger partial charge in [0, 0.05) is 33.2 Å². The molecule has 0 saturated heterocycles. The number of hydrogen-bond donors (Lipinski definition) is 0. The summed E-state index contributed by atoms with van der Waals surface area (Å²) in [5, 5.41) is 11.5. The van der Waals surface area contributed by atoms with Gasteiger partial charge >= 0.3 is 5.63 Å². The topological polar surface area (TPSA) is 72.1 Å². The number of hydrogen-bond acceptors (Lipinski definition) is 7. The summed E-state index contributed by atoms with van der Waals surface area (Å²) in [5.41, 5.74) is 3.10. The van der Waals surface area contributed by atoms with Crippen LogP contribution in [0.25, 0.3) is 17.0 Å². The van der Waals surface area contributed by atoms with E-state index in [0.29, 0.717) is 11.3 Å². The standard InChI is InChI=1S/C28H24N2O4S2/c1-17-13-26(32)34-23-15-19(9-10-21(17)23)33-16-25(31)30-28(24-8-4-12-36-24)22-7-2-5-18(27(22)29-30)14-20-6-3-11-35-20/h3-4,6,8-15,22,28H,2,5,7,16H2,1H3/b18-14-/t22-,28-/m0/s1. The van der Waals surface area contributed by atoms with Crippen LogP contribution >= 0.6 is 22.7 Å². The van der Waals surface area contributed by atoms with Crippen molar-refractivity contribution in [3.05, 3.63) is 90.6 Å². The summed E-state index contributed by atoms with van der Waals surface area (Å²) in [6.45, 7) is 1.71. The Morgan fingerprint density at radius 3 is 2.86 bits per heavy atom. The number of rotatable bonds is 5. The number of ether oxygens (including phenoxy) is 1. The lowest BCUT2D eigenvalue weighted by Crippen LogP contribution is -2.34. The SMILES string of the molecule is Cc1cc(=O)oc2cc(OCC(=O)N3N=C4/C(=C\c5cccs5)CCC[C@@H]4[C@H]3c3cccs3)ccc12. The van der Waals surface area contributed by atoms with E-state index in [1.807, 2.05) is 24.4 Å². The fourth-order valence-electron chi connectivity index (χ4n) is 5.10.